The minimum absolute atomic E-state index is 0.00833. The number of aliphatic hydroxyl groups is 1. The van der Waals surface area contributed by atoms with Gasteiger partial charge in [0.15, 0.2) is 5.60 Å². The molecule has 0 amide bonds. The van der Waals surface area contributed by atoms with Crippen molar-refractivity contribution in [2.45, 2.75) is 18.4 Å². The molecule has 1 atom stereocenters. The second-order valence-electron chi connectivity index (χ2n) is 8.19. The van der Waals surface area contributed by atoms with E-state index in [1.807, 2.05) is 19.3 Å². The van der Waals surface area contributed by atoms with Gasteiger partial charge in [-0.15, -0.1) is 0 Å². The number of halogens is 2. The van der Waals surface area contributed by atoms with Crippen LogP contribution in [0.3, 0.4) is 0 Å². The SMILES string of the molecule is Cn1cc(-c2cnc3[nH]cc(-c4cc(C(O)(c5ccccc5)C(C)(F)F)nc(N)n4)c3c2)cn1. The Bertz CT molecular complexity index is 1490. The summed E-state index contributed by atoms with van der Waals surface area (Å²) in [4.78, 5) is 15.8. The quantitative estimate of drug-likeness (QED) is 0.365. The molecule has 0 saturated carbocycles. The fourth-order valence-corrected chi connectivity index (χ4v) is 4.04. The molecule has 0 aliphatic rings. The van der Waals surface area contributed by atoms with Gasteiger partial charge in [-0.3, -0.25) is 4.68 Å². The number of aromatic amines is 1. The van der Waals surface area contributed by atoms with Crippen molar-refractivity contribution in [3.05, 3.63) is 78.5 Å². The maximum atomic E-state index is 14.9. The molecule has 1 unspecified atom stereocenters. The lowest BCUT2D eigenvalue weighted by molar-refractivity contribution is -0.153. The summed E-state index contributed by atoms with van der Waals surface area (Å²) in [5.41, 5.74) is 6.04. The number of H-pyrrole nitrogens is 1. The number of pyridine rings is 1. The summed E-state index contributed by atoms with van der Waals surface area (Å²) in [6.07, 6.45) is 6.96. The normalized spacial score (nSPS) is 13.8. The molecule has 8 nitrogen and oxygen atoms in total. The number of alkyl halides is 2. The van der Waals surface area contributed by atoms with E-state index in [1.54, 1.807) is 41.5 Å². The Kier molecular flexibility index (Phi) is 4.90. The van der Waals surface area contributed by atoms with E-state index in [4.69, 9.17) is 5.73 Å². The molecule has 1 aromatic carbocycles. The average Bonchev–Trinajstić information content (AvgIpc) is 3.43. The number of nitrogen functional groups attached to an aromatic ring is 1. The van der Waals surface area contributed by atoms with E-state index in [2.05, 4.69) is 25.0 Å². The lowest BCUT2D eigenvalue weighted by atomic mass is 9.84. The highest BCUT2D eigenvalue weighted by Gasteiger charge is 2.53. The molecular weight excluding hydrogens is 440 g/mol. The van der Waals surface area contributed by atoms with Crippen molar-refractivity contribution >= 4 is 17.0 Å². The number of anilines is 1. The topological polar surface area (TPSA) is 119 Å². The smallest absolute Gasteiger partial charge is 0.283 e. The van der Waals surface area contributed by atoms with Gasteiger partial charge in [0.2, 0.25) is 5.95 Å². The van der Waals surface area contributed by atoms with E-state index in [9.17, 15) is 13.9 Å². The van der Waals surface area contributed by atoms with Crippen LogP contribution in [0.5, 0.6) is 0 Å². The number of hydrogen-bond donors (Lipinski definition) is 3. The van der Waals surface area contributed by atoms with Crippen LogP contribution in [0.25, 0.3) is 33.4 Å². The third-order valence-electron chi connectivity index (χ3n) is 5.79. The lowest BCUT2D eigenvalue weighted by Gasteiger charge is -2.33. The molecule has 172 valence electrons. The second-order valence-corrected chi connectivity index (χ2v) is 8.19. The van der Waals surface area contributed by atoms with Crippen LogP contribution in [0.4, 0.5) is 14.7 Å². The monoisotopic (exact) mass is 461 g/mol. The van der Waals surface area contributed by atoms with Gasteiger partial charge in [-0.2, -0.15) is 5.10 Å². The van der Waals surface area contributed by atoms with Crippen LogP contribution in [0.1, 0.15) is 18.2 Å². The first-order valence-electron chi connectivity index (χ1n) is 10.4. The fourth-order valence-electron chi connectivity index (χ4n) is 4.04. The number of hydrogen-bond acceptors (Lipinski definition) is 6. The van der Waals surface area contributed by atoms with E-state index < -0.39 is 11.5 Å². The molecule has 4 aromatic heterocycles. The van der Waals surface area contributed by atoms with Crippen LogP contribution < -0.4 is 5.73 Å². The van der Waals surface area contributed by atoms with Crippen LogP contribution in [0.2, 0.25) is 0 Å². The van der Waals surface area contributed by atoms with Crippen molar-refractivity contribution < 1.29 is 13.9 Å². The van der Waals surface area contributed by atoms with Gasteiger partial charge in [0.1, 0.15) is 5.65 Å². The lowest BCUT2D eigenvalue weighted by Crippen LogP contribution is -2.45. The molecule has 34 heavy (non-hydrogen) atoms. The Morgan fingerprint density at radius 3 is 2.50 bits per heavy atom. The summed E-state index contributed by atoms with van der Waals surface area (Å²) < 4.78 is 31.4. The second kappa shape index (κ2) is 7.70. The maximum absolute atomic E-state index is 14.9. The number of aromatic nitrogens is 6. The molecule has 4 heterocycles. The van der Waals surface area contributed by atoms with Gasteiger partial charge in [0.25, 0.3) is 5.92 Å². The van der Waals surface area contributed by atoms with Crippen molar-refractivity contribution in [1.82, 2.24) is 29.7 Å². The van der Waals surface area contributed by atoms with Gasteiger partial charge in [0, 0.05) is 54.6 Å². The molecule has 4 N–H and O–H groups in total. The molecule has 10 heteroatoms. The summed E-state index contributed by atoms with van der Waals surface area (Å²) in [5, 5.41) is 16.2. The summed E-state index contributed by atoms with van der Waals surface area (Å²) >= 11 is 0. The highest BCUT2D eigenvalue weighted by atomic mass is 19.3. The zero-order valence-corrected chi connectivity index (χ0v) is 18.4. The molecule has 0 aliphatic carbocycles. The molecule has 0 saturated heterocycles. The zero-order chi connectivity index (χ0) is 24.1. The highest BCUT2D eigenvalue weighted by molar-refractivity contribution is 5.95. The molecule has 5 rings (SSSR count). The van der Waals surface area contributed by atoms with E-state index >= 15 is 0 Å². The van der Waals surface area contributed by atoms with E-state index in [1.165, 1.54) is 18.2 Å². The largest absolute Gasteiger partial charge is 0.373 e. The van der Waals surface area contributed by atoms with Gasteiger partial charge in [-0.05, 0) is 17.7 Å². The summed E-state index contributed by atoms with van der Waals surface area (Å²) in [6, 6.07) is 10.9. The van der Waals surface area contributed by atoms with Crippen LogP contribution >= 0.6 is 0 Å². The summed E-state index contributed by atoms with van der Waals surface area (Å²) in [5.74, 6) is -3.81. The molecule has 0 aliphatic heterocycles. The van der Waals surface area contributed by atoms with Crippen molar-refractivity contribution in [2.24, 2.45) is 7.05 Å². The van der Waals surface area contributed by atoms with E-state index in [0.717, 1.165) is 11.1 Å². The Hall–Kier alpha value is -4.18. The molecule has 0 fully saturated rings. The average molecular weight is 461 g/mol. The number of nitrogens with two attached hydrogens (primary N) is 1. The van der Waals surface area contributed by atoms with Gasteiger partial charge >= 0.3 is 0 Å². The fraction of sp³-hybridized carbons (Fsp3) is 0.167. The third kappa shape index (κ3) is 3.48. The van der Waals surface area contributed by atoms with Gasteiger partial charge < -0.3 is 15.8 Å². The standard InChI is InChI=1S/C24H21F2N7O/c1-23(25,26)24(34,16-6-4-3-5-7-16)20-9-19(31-22(27)32-20)18-12-29-21-17(18)8-14(10-28-21)15-11-30-33(2)13-15/h3-13,34H,1-2H3,(H,28,29)(H2,27,31,32). The Morgan fingerprint density at radius 1 is 1.06 bits per heavy atom. The Morgan fingerprint density at radius 2 is 1.82 bits per heavy atom. The van der Waals surface area contributed by atoms with E-state index in [0.29, 0.717) is 23.5 Å². The van der Waals surface area contributed by atoms with Crippen molar-refractivity contribution in [3.63, 3.8) is 0 Å². The number of aryl methyl sites for hydroxylation is 1. The first kappa shape index (κ1) is 21.7. The number of benzene rings is 1. The number of fused-ring (bicyclic) bond motifs is 1. The first-order valence-corrected chi connectivity index (χ1v) is 10.4. The van der Waals surface area contributed by atoms with Crippen LogP contribution in [0, 0.1) is 0 Å². The highest BCUT2D eigenvalue weighted by Crippen LogP contribution is 2.43. The Balaban J connectivity index is 1.69. The van der Waals surface area contributed by atoms with Crippen molar-refractivity contribution in [2.75, 3.05) is 5.73 Å². The number of rotatable bonds is 5. The molecule has 0 spiro atoms. The van der Waals surface area contributed by atoms with Crippen LogP contribution in [-0.4, -0.2) is 40.7 Å². The van der Waals surface area contributed by atoms with Crippen LogP contribution in [-0.2, 0) is 12.6 Å². The van der Waals surface area contributed by atoms with Crippen molar-refractivity contribution in [3.8, 4) is 22.4 Å². The zero-order valence-electron chi connectivity index (χ0n) is 18.4. The predicted octanol–water partition coefficient (Wildman–Crippen LogP) is 3.89. The van der Waals surface area contributed by atoms with Gasteiger partial charge in [-0.25, -0.2) is 23.7 Å². The predicted molar refractivity (Wildman–Crippen MR) is 124 cm³/mol. The van der Waals surface area contributed by atoms with E-state index in [-0.39, 0.29) is 22.9 Å². The summed E-state index contributed by atoms with van der Waals surface area (Å²) in [7, 11) is 1.82. The first-order chi connectivity index (χ1) is 16.2. The third-order valence-corrected chi connectivity index (χ3v) is 5.79. The van der Waals surface area contributed by atoms with Crippen LogP contribution in [0.15, 0.2) is 67.3 Å². The maximum Gasteiger partial charge on any atom is 0.283 e. The molecule has 5 aromatic rings. The minimum atomic E-state index is -3.57. The minimum Gasteiger partial charge on any atom is -0.373 e. The number of nitrogens with one attached hydrogen (secondary N) is 1. The molecular formula is C24H21F2N7O. The molecule has 0 radical (unpaired) electrons. The molecule has 0 bridgehead atoms. The van der Waals surface area contributed by atoms with Gasteiger partial charge in [0.05, 0.1) is 17.6 Å². The Labute approximate surface area is 193 Å². The van der Waals surface area contributed by atoms with Crippen molar-refractivity contribution in [1.29, 1.82) is 0 Å². The summed E-state index contributed by atoms with van der Waals surface area (Å²) in [6.45, 7) is 0.647. The number of nitrogens with zero attached hydrogens (tertiary/aromatic N) is 5. The van der Waals surface area contributed by atoms with Gasteiger partial charge in [-0.1, -0.05) is 30.3 Å².